The number of carbonyl (C=O) groups excluding carboxylic acids is 3. The second-order valence-electron chi connectivity index (χ2n) is 29.1. The van der Waals surface area contributed by atoms with Gasteiger partial charge in [0.15, 0.2) is 11.6 Å². The molecule has 0 unspecified atom stereocenters. The van der Waals surface area contributed by atoms with Crippen LogP contribution in [0.3, 0.4) is 0 Å². The number of nitrogens with one attached hydrogen (secondary N) is 3. The molecule has 4 N–H and O–H groups in total. The smallest absolute Gasteiger partial charge is 1.00 e. The summed E-state index contributed by atoms with van der Waals surface area (Å²) in [6.07, 6.45) is 8.24. The molecular formula is C69H100Cl2K2N14O13S4Si. The van der Waals surface area contributed by atoms with Crippen molar-refractivity contribution in [2.24, 2.45) is 36.8 Å². The summed E-state index contributed by atoms with van der Waals surface area (Å²) in [5.41, 5.74) is -0.110. The van der Waals surface area contributed by atoms with E-state index in [0.29, 0.717) is 66.1 Å². The largest absolute Gasteiger partial charge is 1.00 e. The van der Waals surface area contributed by atoms with Crippen molar-refractivity contribution in [3.8, 4) is 23.4 Å². The molecule has 0 aliphatic carbocycles. The summed E-state index contributed by atoms with van der Waals surface area (Å²) in [5.74, 6) is 1.41. The molecule has 2 atom stereocenters. The number of rotatable bonds is 22. The molecule has 2 saturated heterocycles. The van der Waals surface area contributed by atoms with Gasteiger partial charge in [-0.1, -0.05) is 135 Å². The number of amides is 2. The summed E-state index contributed by atoms with van der Waals surface area (Å²) in [4.78, 5) is 48.5. The molecule has 0 bridgehead atoms. The molecule has 0 saturated carbocycles. The first kappa shape index (κ1) is 97.0. The van der Waals surface area contributed by atoms with Crippen LogP contribution < -0.4 is 148 Å². The maximum atomic E-state index is 13.4. The Balaban J connectivity index is 0.000000884. The van der Waals surface area contributed by atoms with E-state index >= 15 is 0 Å². The molecule has 2 fully saturated rings. The first-order chi connectivity index (χ1) is 46.7. The Morgan fingerprint density at radius 1 is 0.686 bits per heavy atom. The van der Waals surface area contributed by atoms with Crippen molar-refractivity contribution in [3.63, 3.8) is 0 Å². The van der Waals surface area contributed by atoms with Gasteiger partial charge in [0.1, 0.15) is 20.8 Å². The SMILES string of the molecule is C[C@@H]1CNC(C)(C)C1.Cc1nn(C)cc1S(=O)(=O)NC(=O)c1ccc(-n2ccc(OCC(C)(C)CO)n2)nc1N1C[C@@H](C)CC1(C)C.Cc1nn(C)cc1S(=O)(=O)NC(=O)c1ccc(-n2ccc(OCC(C)(C)CO[Si](c3ccccc3)(c3ccccc3)C(C)(C)C)n2)nc1Cl.Cl.O=CO[O-].S.S.[H-].[K+].[K+]. The number of aromatic nitrogens is 10. The van der Waals surface area contributed by atoms with Gasteiger partial charge in [-0.25, -0.2) is 45.6 Å². The fraction of sp³-hybridized carbons (Fsp3) is 0.464. The Morgan fingerprint density at radius 2 is 1.12 bits per heavy atom. The third kappa shape index (κ3) is 26.0. The second kappa shape index (κ2) is 40.7. The van der Waals surface area contributed by atoms with E-state index in [0.717, 1.165) is 12.3 Å². The maximum Gasteiger partial charge on any atom is 1.00 e. The topological polar surface area (TPSA) is 336 Å². The van der Waals surface area contributed by atoms with Crippen LogP contribution >= 0.6 is 51.0 Å². The molecule has 105 heavy (non-hydrogen) atoms. The number of pyridine rings is 2. The minimum atomic E-state index is -4.17. The van der Waals surface area contributed by atoms with Gasteiger partial charge in [-0.15, -0.1) is 22.6 Å². The van der Waals surface area contributed by atoms with Gasteiger partial charge in [0.25, 0.3) is 46.7 Å². The number of aryl methyl sites for hydroxylation is 4. The van der Waals surface area contributed by atoms with Crippen molar-refractivity contribution >= 4 is 114 Å². The van der Waals surface area contributed by atoms with E-state index in [9.17, 15) is 31.5 Å². The number of anilines is 1. The van der Waals surface area contributed by atoms with E-state index in [4.69, 9.17) is 40.5 Å². The Kier molecular flexibility index (Phi) is 37.6. The number of halogens is 2. The van der Waals surface area contributed by atoms with Crippen LogP contribution in [0.15, 0.2) is 132 Å². The van der Waals surface area contributed by atoms with Gasteiger partial charge >= 0.3 is 103 Å². The number of ether oxygens (including phenoxy) is 2. The van der Waals surface area contributed by atoms with Crippen LogP contribution in [0.2, 0.25) is 10.2 Å². The van der Waals surface area contributed by atoms with Crippen molar-refractivity contribution < 1.29 is 165 Å². The van der Waals surface area contributed by atoms with Crippen molar-refractivity contribution in [1.29, 1.82) is 0 Å². The van der Waals surface area contributed by atoms with Crippen LogP contribution in [0.5, 0.6) is 11.8 Å². The second-order valence-corrected chi connectivity index (χ2v) is 37.1. The standard InChI is InChI=1S/C35H41ClN6O5SSi.C26H37N7O5S.C7H15N.CH2O3.ClH.2K.2H2S.H/c1-25-29(22-41(7)38-25)48(44,45)40-33(43)28-18-19-30(37-32(28)36)42-21-20-31(39-42)46-23-35(5,6)24-47-49(34(2,3)4,26-14-10-8-11-15-26)27-16-12-9-13-17-27;1-17-12-26(5,6)32(13-17)23-19(24(35)30-39(36,37)20-14-31(7)28-18(20)2)8-9-21(27-23)33-11-10-22(29-33)38-16-25(3,4)15-34;1-6-4-7(2,3)8-5-6;2-1-4-3;;;;;;/h8-22H,23-24H2,1-7H3,(H,40,43);8-11,14,17,34H,12-13,15-16H2,1-7H3,(H,30,35);6,8H,4-5H2,1-3H3;1,3H;1H;;;2*1H2;/q;;;;;2*+1;;;-1/p-1/t;17-;6-;;;;;;;/m.00......./s1. The Labute approximate surface area is 730 Å². The van der Waals surface area contributed by atoms with Gasteiger partial charge in [-0.3, -0.25) is 23.7 Å². The fourth-order valence-corrected chi connectivity index (χ4v) is 19.3. The molecule has 10 rings (SSSR count). The Morgan fingerprint density at radius 3 is 1.49 bits per heavy atom. The number of aliphatic hydroxyl groups excluding tert-OH is 1. The van der Waals surface area contributed by atoms with Crippen molar-refractivity contribution in [2.75, 3.05) is 44.4 Å². The predicted octanol–water partition coefficient (Wildman–Crippen LogP) is 2.11. The molecule has 27 nitrogen and oxygen atoms in total. The molecule has 2 aromatic carbocycles. The molecule has 2 aliphatic rings. The number of benzene rings is 2. The summed E-state index contributed by atoms with van der Waals surface area (Å²) in [6.45, 7) is 33.6. The number of hydrogen-bond donors (Lipinski definition) is 4. The molecule has 568 valence electrons. The number of nitrogens with zero attached hydrogens (tertiary/aromatic N) is 11. The third-order valence-corrected chi connectivity index (χ3v) is 24.8. The molecule has 2 aliphatic heterocycles. The third-order valence-electron chi connectivity index (χ3n) is 16.7. The van der Waals surface area contributed by atoms with Gasteiger partial charge in [-0.2, -0.15) is 37.2 Å². The quantitative estimate of drug-likeness (QED) is 0.0248. The van der Waals surface area contributed by atoms with Crippen LogP contribution in [0.25, 0.3) is 11.6 Å². The Bertz CT molecular complexity index is 4340. The van der Waals surface area contributed by atoms with Crippen molar-refractivity contribution in [1.82, 2.24) is 63.9 Å². The van der Waals surface area contributed by atoms with Crippen LogP contribution in [-0.4, -0.2) is 148 Å². The summed E-state index contributed by atoms with van der Waals surface area (Å²) in [6, 6.07) is 30.5. The van der Waals surface area contributed by atoms with Gasteiger partial charge in [0.05, 0.1) is 42.3 Å². The molecule has 36 heteroatoms. The average Bonchev–Trinajstić information content (AvgIpc) is 0.806. The summed E-state index contributed by atoms with van der Waals surface area (Å²) < 4.78 is 80.6. The van der Waals surface area contributed by atoms with E-state index in [1.807, 2.05) is 35.6 Å². The van der Waals surface area contributed by atoms with Gasteiger partial charge in [0, 0.05) is 86.1 Å². The normalized spacial score (nSPS) is 15.3. The number of sulfonamides is 2. The number of aliphatic hydroxyl groups is 1. The van der Waals surface area contributed by atoms with Crippen molar-refractivity contribution in [2.45, 2.75) is 143 Å². The zero-order valence-corrected chi connectivity index (χ0v) is 75.8. The maximum absolute atomic E-state index is 13.4. The minimum absolute atomic E-state index is 0. The molecule has 6 aromatic heterocycles. The number of carbonyl (C=O) groups is 3. The molecule has 8 heterocycles. The van der Waals surface area contributed by atoms with Crippen LogP contribution in [-0.2, 0) is 48.3 Å². The molecule has 0 spiro atoms. The van der Waals surface area contributed by atoms with Crippen LogP contribution in [0, 0.1) is 36.5 Å². The average molecular weight is 1640 g/mol. The zero-order chi connectivity index (χ0) is 74.0. The summed E-state index contributed by atoms with van der Waals surface area (Å²) in [5, 5.41) is 40.5. The molecule has 2 amide bonds. The van der Waals surface area contributed by atoms with E-state index < -0.39 is 45.6 Å². The first-order valence-electron chi connectivity index (χ1n) is 32.5. The van der Waals surface area contributed by atoms with E-state index in [2.05, 4.69) is 165 Å². The van der Waals surface area contributed by atoms with Gasteiger partial charge < -0.3 is 40.8 Å². The van der Waals surface area contributed by atoms with Crippen molar-refractivity contribution in [3.05, 3.63) is 150 Å². The van der Waals surface area contributed by atoms with E-state index in [1.165, 1.54) is 73.5 Å². The fourth-order valence-electron chi connectivity index (χ4n) is 12.0. The van der Waals surface area contributed by atoms with Gasteiger partial charge in [0.2, 0.25) is 11.8 Å². The van der Waals surface area contributed by atoms with Crippen LogP contribution in [0.1, 0.15) is 136 Å². The monoisotopic (exact) mass is 1640 g/mol. The van der Waals surface area contributed by atoms with Gasteiger partial charge in [-0.05, 0) is 112 Å². The Hall–Kier alpha value is -4.10. The minimum Gasteiger partial charge on any atom is -1.00 e. The van der Waals surface area contributed by atoms with Crippen LogP contribution in [0.4, 0.5) is 5.82 Å². The number of hydrogen-bond acceptors (Lipinski definition) is 21. The van der Waals surface area contributed by atoms with E-state index in [-0.39, 0.29) is 211 Å². The molecule has 8 aromatic rings. The molecular weight excluding hydrogens is 1540 g/mol. The summed E-state index contributed by atoms with van der Waals surface area (Å²) in [7, 11) is -7.84. The molecule has 0 radical (unpaired) electrons. The predicted molar refractivity (Wildman–Crippen MR) is 409 cm³/mol. The van der Waals surface area contributed by atoms with E-state index in [1.54, 1.807) is 57.7 Å². The summed E-state index contributed by atoms with van der Waals surface area (Å²) >= 11 is 6.34. The zero-order valence-electron chi connectivity index (χ0n) is 64.3. The first-order valence-corrected chi connectivity index (χ1v) is 37.7.